The molecule has 6 nitrogen and oxygen atoms in total. The predicted octanol–water partition coefficient (Wildman–Crippen LogP) is 1.90. The summed E-state index contributed by atoms with van der Waals surface area (Å²) in [7, 11) is 0. The molecule has 1 aliphatic heterocycles. The Morgan fingerprint density at radius 2 is 2.18 bits per heavy atom. The van der Waals surface area contributed by atoms with E-state index in [0.717, 1.165) is 28.6 Å². The zero-order chi connectivity index (χ0) is 15.1. The molecule has 0 amide bonds. The number of hydrogen-bond donors (Lipinski definition) is 3. The highest BCUT2D eigenvalue weighted by atomic mass is 16.4. The lowest BCUT2D eigenvalue weighted by Gasteiger charge is -2.18. The van der Waals surface area contributed by atoms with Gasteiger partial charge in [0.25, 0.3) is 0 Å². The van der Waals surface area contributed by atoms with E-state index >= 15 is 0 Å². The number of carboxylic acid groups (broad SMARTS) is 1. The van der Waals surface area contributed by atoms with Gasteiger partial charge in [-0.2, -0.15) is 0 Å². The number of carbonyl (C=O) groups is 1. The molecular formula is C16H14N4O2. The van der Waals surface area contributed by atoms with Gasteiger partial charge in [-0.3, -0.25) is 15.1 Å². The normalized spacial score (nSPS) is 17.4. The van der Waals surface area contributed by atoms with Crippen molar-refractivity contribution in [1.29, 1.82) is 0 Å². The maximum absolute atomic E-state index is 11.3. The average Bonchev–Trinajstić information content (AvgIpc) is 2.97. The fourth-order valence-electron chi connectivity index (χ4n) is 2.93. The third-order valence-electron chi connectivity index (χ3n) is 3.96. The van der Waals surface area contributed by atoms with Gasteiger partial charge in [-0.1, -0.05) is 18.2 Å². The highest BCUT2D eigenvalue weighted by Crippen LogP contribution is 2.29. The van der Waals surface area contributed by atoms with E-state index in [1.54, 1.807) is 6.20 Å². The van der Waals surface area contributed by atoms with Gasteiger partial charge in [-0.15, -0.1) is 0 Å². The summed E-state index contributed by atoms with van der Waals surface area (Å²) in [4.78, 5) is 23.5. The third kappa shape index (κ3) is 1.96. The largest absolute Gasteiger partial charge is 0.480 e. The minimum atomic E-state index is -0.904. The topological polar surface area (TPSA) is 90.9 Å². The van der Waals surface area contributed by atoms with Gasteiger partial charge in [-0.25, -0.2) is 4.98 Å². The maximum atomic E-state index is 11.3. The van der Waals surface area contributed by atoms with Gasteiger partial charge in [0.1, 0.15) is 5.82 Å². The van der Waals surface area contributed by atoms with Crippen LogP contribution < -0.4 is 5.32 Å². The summed E-state index contributed by atoms with van der Waals surface area (Å²) in [5, 5.41) is 13.3. The molecular weight excluding hydrogens is 280 g/mol. The Balaban J connectivity index is 1.88. The summed E-state index contributed by atoms with van der Waals surface area (Å²) >= 11 is 0. The van der Waals surface area contributed by atoms with E-state index in [1.165, 1.54) is 0 Å². The van der Waals surface area contributed by atoms with Gasteiger partial charge in [0.15, 0.2) is 6.04 Å². The molecule has 22 heavy (non-hydrogen) atoms. The Morgan fingerprint density at radius 3 is 3.05 bits per heavy atom. The second-order valence-electron chi connectivity index (χ2n) is 5.30. The van der Waals surface area contributed by atoms with E-state index in [-0.39, 0.29) is 0 Å². The standard InChI is InChI=1S/C16H14N4O2/c21-16(22)14-13-12(6-8-18-14)19-15(20-13)10-3-1-5-11-9(10)4-2-7-17-11/h1-5,7,14,18H,6,8H2,(H,19,20)(H,21,22)/t14-/m1/s1. The number of aliphatic carboxylic acids is 1. The number of carboxylic acids is 1. The molecule has 1 atom stereocenters. The van der Waals surface area contributed by atoms with E-state index in [1.807, 2.05) is 30.3 Å². The molecule has 1 aromatic carbocycles. The van der Waals surface area contributed by atoms with Crippen molar-refractivity contribution in [2.24, 2.45) is 0 Å². The van der Waals surface area contributed by atoms with Crippen LogP contribution >= 0.6 is 0 Å². The third-order valence-corrected chi connectivity index (χ3v) is 3.96. The summed E-state index contributed by atoms with van der Waals surface area (Å²) in [5.74, 6) is -0.211. The predicted molar refractivity (Wildman–Crippen MR) is 81.4 cm³/mol. The first-order valence-corrected chi connectivity index (χ1v) is 7.13. The maximum Gasteiger partial charge on any atom is 0.327 e. The number of aromatic nitrogens is 3. The minimum Gasteiger partial charge on any atom is -0.480 e. The average molecular weight is 294 g/mol. The molecule has 0 unspecified atom stereocenters. The second-order valence-corrected chi connectivity index (χ2v) is 5.30. The summed E-state index contributed by atoms with van der Waals surface area (Å²) < 4.78 is 0. The quantitative estimate of drug-likeness (QED) is 0.671. The van der Waals surface area contributed by atoms with E-state index in [4.69, 9.17) is 0 Å². The van der Waals surface area contributed by atoms with E-state index < -0.39 is 12.0 Å². The Kier molecular flexibility index (Phi) is 2.90. The number of nitrogens with zero attached hydrogens (tertiary/aromatic N) is 2. The lowest BCUT2D eigenvalue weighted by Crippen LogP contribution is -2.35. The number of pyridine rings is 1. The fraction of sp³-hybridized carbons (Fsp3) is 0.188. The number of fused-ring (bicyclic) bond motifs is 2. The Hall–Kier alpha value is -2.73. The van der Waals surface area contributed by atoms with Gasteiger partial charge in [0.2, 0.25) is 0 Å². The van der Waals surface area contributed by atoms with Crippen LogP contribution in [0.1, 0.15) is 17.4 Å². The summed E-state index contributed by atoms with van der Waals surface area (Å²) in [5.41, 5.74) is 3.29. The summed E-state index contributed by atoms with van der Waals surface area (Å²) in [6, 6.07) is 8.98. The smallest absolute Gasteiger partial charge is 0.327 e. The van der Waals surface area contributed by atoms with Crippen molar-refractivity contribution in [3.8, 4) is 11.4 Å². The molecule has 4 rings (SSSR count). The molecule has 0 bridgehead atoms. The first-order valence-electron chi connectivity index (χ1n) is 7.13. The monoisotopic (exact) mass is 294 g/mol. The molecule has 110 valence electrons. The highest BCUT2D eigenvalue weighted by molar-refractivity contribution is 5.92. The van der Waals surface area contributed by atoms with Crippen molar-refractivity contribution in [1.82, 2.24) is 20.3 Å². The molecule has 0 aliphatic carbocycles. The van der Waals surface area contributed by atoms with Gasteiger partial charge >= 0.3 is 5.97 Å². The van der Waals surface area contributed by atoms with Gasteiger partial charge < -0.3 is 10.1 Å². The number of imidazole rings is 1. The molecule has 1 aliphatic rings. The van der Waals surface area contributed by atoms with Crippen molar-refractivity contribution in [3.63, 3.8) is 0 Å². The van der Waals surface area contributed by atoms with Crippen LogP contribution in [0.4, 0.5) is 0 Å². The van der Waals surface area contributed by atoms with E-state index in [9.17, 15) is 9.90 Å². The first kappa shape index (κ1) is 13.0. The molecule has 0 saturated carbocycles. The molecule has 0 saturated heterocycles. The van der Waals surface area contributed by atoms with Crippen LogP contribution in [0.2, 0.25) is 0 Å². The van der Waals surface area contributed by atoms with Crippen LogP contribution in [0.25, 0.3) is 22.3 Å². The van der Waals surface area contributed by atoms with Gasteiger partial charge in [0, 0.05) is 35.8 Å². The molecule has 6 heteroatoms. The van der Waals surface area contributed by atoms with Crippen molar-refractivity contribution < 1.29 is 9.90 Å². The molecule has 0 spiro atoms. The van der Waals surface area contributed by atoms with Crippen molar-refractivity contribution in [2.45, 2.75) is 12.5 Å². The van der Waals surface area contributed by atoms with E-state index in [2.05, 4.69) is 20.3 Å². The van der Waals surface area contributed by atoms with Crippen LogP contribution in [0.3, 0.4) is 0 Å². The number of hydrogen-bond acceptors (Lipinski definition) is 4. The highest BCUT2D eigenvalue weighted by Gasteiger charge is 2.29. The lowest BCUT2D eigenvalue weighted by molar-refractivity contribution is -0.139. The minimum absolute atomic E-state index is 0.578. The summed E-state index contributed by atoms with van der Waals surface area (Å²) in [6.45, 7) is 0.628. The fourth-order valence-corrected chi connectivity index (χ4v) is 2.93. The van der Waals surface area contributed by atoms with Gasteiger partial charge in [-0.05, 0) is 12.1 Å². The summed E-state index contributed by atoms with van der Waals surface area (Å²) in [6.07, 6.45) is 2.50. The first-order chi connectivity index (χ1) is 10.7. The molecule has 3 heterocycles. The Labute approximate surface area is 126 Å². The number of H-pyrrole nitrogens is 1. The Bertz CT molecular complexity index is 866. The molecule has 3 aromatic rings. The Morgan fingerprint density at radius 1 is 1.27 bits per heavy atom. The number of rotatable bonds is 2. The molecule has 0 fully saturated rings. The number of nitrogens with one attached hydrogen (secondary N) is 2. The number of benzene rings is 1. The molecule has 2 aromatic heterocycles. The van der Waals surface area contributed by atoms with Crippen molar-refractivity contribution >= 4 is 16.9 Å². The molecule has 0 radical (unpaired) electrons. The van der Waals surface area contributed by atoms with Crippen LogP contribution in [-0.2, 0) is 11.2 Å². The SMILES string of the molecule is O=C(O)[C@@H]1NCCc2[nH]c(-c3cccc4ncccc34)nc21. The molecule has 3 N–H and O–H groups in total. The zero-order valence-electron chi connectivity index (χ0n) is 11.7. The zero-order valence-corrected chi connectivity index (χ0v) is 11.7. The van der Waals surface area contributed by atoms with Crippen LogP contribution in [-0.4, -0.2) is 32.6 Å². The second kappa shape index (κ2) is 4.92. The van der Waals surface area contributed by atoms with Crippen LogP contribution in [0, 0.1) is 0 Å². The lowest BCUT2D eigenvalue weighted by atomic mass is 10.1. The number of aromatic amines is 1. The van der Waals surface area contributed by atoms with Crippen LogP contribution in [0.15, 0.2) is 36.5 Å². The van der Waals surface area contributed by atoms with Crippen molar-refractivity contribution in [2.75, 3.05) is 6.54 Å². The van der Waals surface area contributed by atoms with Gasteiger partial charge in [0.05, 0.1) is 11.2 Å². The van der Waals surface area contributed by atoms with Crippen LogP contribution in [0.5, 0.6) is 0 Å². The van der Waals surface area contributed by atoms with E-state index in [0.29, 0.717) is 18.1 Å². The van der Waals surface area contributed by atoms with Crippen molar-refractivity contribution in [3.05, 3.63) is 47.9 Å².